The maximum absolute atomic E-state index is 2.54. The van der Waals surface area contributed by atoms with Gasteiger partial charge >= 0.3 is 0 Å². The molecule has 0 radical (unpaired) electrons. The molecular formula is C46H50P6. The minimum Gasteiger partial charge on any atom is -0.0862 e. The molecule has 264 valence electrons. The van der Waals surface area contributed by atoms with Crippen molar-refractivity contribution in [2.24, 2.45) is 0 Å². The first-order valence-corrected chi connectivity index (χ1v) is 30.7. The van der Waals surface area contributed by atoms with E-state index in [1.54, 1.807) is 26.5 Å². The van der Waals surface area contributed by atoms with E-state index in [9.17, 15) is 0 Å². The van der Waals surface area contributed by atoms with Gasteiger partial charge in [-0.3, -0.25) is 0 Å². The van der Waals surface area contributed by atoms with Gasteiger partial charge in [-0.1, -0.05) is 223 Å². The highest BCUT2D eigenvalue weighted by Gasteiger charge is 2.41. The summed E-state index contributed by atoms with van der Waals surface area (Å²) in [5, 5.41) is 8.07. The van der Waals surface area contributed by atoms with Crippen LogP contribution < -0.4 is 26.5 Å². The number of hydrogen-bond donors (Lipinski definition) is 0. The van der Waals surface area contributed by atoms with Gasteiger partial charge in [0.25, 0.3) is 0 Å². The van der Waals surface area contributed by atoms with Crippen LogP contribution in [-0.4, -0.2) is 12.3 Å². The highest BCUT2D eigenvalue weighted by Crippen LogP contribution is 3.03. The van der Waals surface area contributed by atoms with E-state index >= 15 is 0 Å². The molecule has 6 heteroatoms. The van der Waals surface area contributed by atoms with E-state index in [2.05, 4.69) is 176 Å². The van der Waals surface area contributed by atoms with Gasteiger partial charge in [0.15, 0.2) is 0 Å². The van der Waals surface area contributed by atoms with Crippen LogP contribution in [0.25, 0.3) is 11.1 Å². The lowest BCUT2D eigenvalue weighted by atomic mass is 10.1. The van der Waals surface area contributed by atoms with Crippen molar-refractivity contribution in [2.75, 3.05) is 12.3 Å². The molecule has 1 saturated heterocycles. The number of rotatable bonds is 6. The van der Waals surface area contributed by atoms with Gasteiger partial charge in [0.05, 0.1) is 0 Å². The van der Waals surface area contributed by atoms with Crippen LogP contribution in [0, 0.1) is 0 Å². The second-order valence-corrected chi connectivity index (χ2v) is 36.4. The van der Waals surface area contributed by atoms with Crippen LogP contribution in [0.5, 0.6) is 0 Å². The molecule has 1 aliphatic rings. The molecule has 0 aromatic heterocycles. The van der Waals surface area contributed by atoms with E-state index in [1.807, 2.05) is 0 Å². The molecule has 0 aliphatic carbocycles. The zero-order valence-corrected chi connectivity index (χ0v) is 35.5. The average molecular weight is 789 g/mol. The highest BCUT2D eigenvalue weighted by molar-refractivity contribution is 8.95. The Bertz CT molecular complexity index is 1870. The summed E-state index contributed by atoms with van der Waals surface area (Å²) in [6.07, 6.45) is 13.7. The van der Waals surface area contributed by atoms with Crippen LogP contribution in [0.4, 0.5) is 0 Å². The fraction of sp³-hybridized carbons (Fsp3) is 0.217. The van der Waals surface area contributed by atoms with E-state index in [0.29, 0.717) is 0 Å². The van der Waals surface area contributed by atoms with Crippen molar-refractivity contribution in [3.8, 4) is 11.1 Å². The normalized spacial score (nSPS) is 22.8. The Morgan fingerprint density at radius 3 is 1.25 bits per heavy atom. The van der Waals surface area contributed by atoms with Crippen LogP contribution in [0.3, 0.4) is 0 Å². The molecule has 0 N–H and O–H groups in total. The maximum atomic E-state index is 2.54. The Kier molecular flexibility index (Phi) is 15.1. The summed E-state index contributed by atoms with van der Waals surface area (Å²) < 4.78 is 0. The predicted molar refractivity (Wildman–Crippen MR) is 245 cm³/mol. The molecule has 0 spiro atoms. The third-order valence-corrected chi connectivity index (χ3v) is 47.0. The molecule has 6 unspecified atom stereocenters. The first-order valence-electron chi connectivity index (χ1n) is 18.9. The molecule has 6 aromatic rings. The van der Waals surface area contributed by atoms with Gasteiger partial charge in [0, 0.05) is 0 Å². The topological polar surface area (TPSA) is 0 Å². The second-order valence-electron chi connectivity index (χ2n) is 13.3. The van der Waals surface area contributed by atoms with Gasteiger partial charge in [-0.25, -0.2) is 0 Å². The van der Waals surface area contributed by atoms with Crippen molar-refractivity contribution in [3.63, 3.8) is 0 Å². The molecule has 1 heterocycles. The highest BCUT2D eigenvalue weighted by atomic mass is 32.8. The van der Waals surface area contributed by atoms with Gasteiger partial charge in [-0.15, -0.1) is 0 Å². The molecule has 0 nitrogen and oxygen atoms in total. The SMILES string of the molecule is c1ccc(-c2ccc(P3CCCCCCCCCCPP(c4ccccc4)P(c4ccccc4)P(c4ccccc4)P3c3ccccc3)cc2)cc1. The molecule has 0 amide bonds. The molecule has 6 aromatic carbocycles. The van der Waals surface area contributed by atoms with Crippen molar-refractivity contribution in [1.29, 1.82) is 0 Å². The summed E-state index contributed by atoms with van der Waals surface area (Å²) in [6.45, 7) is 0. The van der Waals surface area contributed by atoms with E-state index in [4.69, 9.17) is 0 Å². The first-order chi connectivity index (χ1) is 25.9. The Morgan fingerprint density at radius 1 is 0.308 bits per heavy atom. The predicted octanol–water partition coefficient (Wildman–Crippen LogP) is 14.1. The fourth-order valence-corrected chi connectivity index (χ4v) is 58.5. The van der Waals surface area contributed by atoms with Crippen LogP contribution in [0.2, 0.25) is 0 Å². The molecule has 0 saturated carbocycles. The molecule has 0 bridgehead atoms. The van der Waals surface area contributed by atoms with Gasteiger partial charge < -0.3 is 0 Å². The zero-order valence-electron chi connectivity index (χ0n) is 30.1. The van der Waals surface area contributed by atoms with Crippen molar-refractivity contribution in [2.45, 2.75) is 51.4 Å². The Balaban J connectivity index is 1.45. The Hall–Kier alpha value is -2.10. The third-order valence-electron chi connectivity index (χ3n) is 9.57. The zero-order chi connectivity index (χ0) is 35.2. The average Bonchev–Trinajstić information content (AvgIpc) is 3.22. The largest absolute Gasteiger partial charge is 0.0862 e. The summed E-state index contributed by atoms with van der Waals surface area (Å²) in [4.78, 5) is 0. The van der Waals surface area contributed by atoms with Crippen molar-refractivity contribution < 1.29 is 0 Å². The minimum absolute atomic E-state index is 0.382. The van der Waals surface area contributed by atoms with Crippen LogP contribution >= 0.6 is 45.1 Å². The first kappa shape index (κ1) is 38.2. The van der Waals surface area contributed by atoms with Crippen LogP contribution in [0.1, 0.15) is 51.4 Å². The fourth-order valence-electron chi connectivity index (χ4n) is 6.90. The van der Waals surface area contributed by atoms with E-state index in [1.165, 1.54) is 74.8 Å². The van der Waals surface area contributed by atoms with Crippen LogP contribution in [-0.2, 0) is 0 Å². The smallest absolute Gasteiger partial charge is 0.00602 e. The van der Waals surface area contributed by atoms with Crippen molar-refractivity contribution in [1.82, 2.24) is 0 Å². The lowest BCUT2D eigenvalue weighted by molar-refractivity contribution is 0.587. The van der Waals surface area contributed by atoms with E-state index < -0.39 is 29.5 Å². The number of benzene rings is 6. The lowest BCUT2D eigenvalue weighted by Gasteiger charge is -2.43. The molecule has 1 fully saturated rings. The molecule has 6 atom stereocenters. The Labute approximate surface area is 320 Å². The molecule has 7 rings (SSSR count). The monoisotopic (exact) mass is 788 g/mol. The molecule has 1 aliphatic heterocycles. The Morgan fingerprint density at radius 2 is 0.712 bits per heavy atom. The van der Waals surface area contributed by atoms with Gasteiger partial charge in [-0.05, 0) is 99.6 Å². The van der Waals surface area contributed by atoms with Gasteiger partial charge in [0.2, 0.25) is 0 Å². The number of hydrogen-bond acceptors (Lipinski definition) is 0. The van der Waals surface area contributed by atoms with Gasteiger partial charge in [-0.2, -0.15) is 0 Å². The minimum atomic E-state index is -0.550. The quantitative estimate of drug-likeness (QED) is 0.148. The summed E-state index contributed by atoms with van der Waals surface area (Å²) in [5.41, 5.74) is 2.63. The summed E-state index contributed by atoms with van der Waals surface area (Å²) in [6, 6.07) is 68.5. The summed E-state index contributed by atoms with van der Waals surface area (Å²) in [7, 11) is -1.43. The van der Waals surface area contributed by atoms with Crippen molar-refractivity contribution >= 4 is 71.6 Å². The van der Waals surface area contributed by atoms with Crippen LogP contribution in [0.15, 0.2) is 176 Å². The van der Waals surface area contributed by atoms with E-state index in [-0.39, 0.29) is 7.30 Å². The molecule has 52 heavy (non-hydrogen) atoms. The maximum Gasteiger partial charge on any atom is -0.00602 e. The third kappa shape index (κ3) is 10.1. The summed E-state index contributed by atoms with van der Waals surface area (Å²) >= 11 is 0. The van der Waals surface area contributed by atoms with E-state index in [0.717, 1.165) is 8.27 Å². The molecular weight excluding hydrogens is 738 g/mol. The summed E-state index contributed by atoms with van der Waals surface area (Å²) in [5.74, 6) is 0. The second kappa shape index (κ2) is 20.5. The lowest BCUT2D eigenvalue weighted by Crippen LogP contribution is -2.13. The van der Waals surface area contributed by atoms with Gasteiger partial charge in [0.1, 0.15) is 0 Å². The standard InChI is InChI=1S/C46H50P6/c1-2-4-6-23-39-48(42-36-34-41(35-37-42)40-24-12-7-13-25-40)50(44-28-16-9-17-29-44)52(46-32-20-11-21-33-46)51(45-30-18-10-19-31-45)49(47-38-22-5-3-1)43-26-14-8-15-27-43/h7-21,24-37,47H,1-6,22-23,38-39H2. The van der Waals surface area contributed by atoms with Crippen molar-refractivity contribution in [3.05, 3.63) is 176 Å².